The fraction of sp³-hybridized carbons (Fsp3) is 0.250. The van der Waals surface area contributed by atoms with Crippen molar-refractivity contribution >= 4 is 0 Å². The second-order valence-corrected chi connectivity index (χ2v) is 5.65. The topological polar surface area (TPSA) is 17.8 Å². The van der Waals surface area contributed by atoms with Gasteiger partial charge >= 0.3 is 0 Å². The summed E-state index contributed by atoms with van der Waals surface area (Å²) in [4.78, 5) is 4.81. The van der Waals surface area contributed by atoms with E-state index in [-0.39, 0.29) is 0 Å². The molecule has 3 aromatic rings. The van der Waals surface area contributed by atoms with Gasteiger partial charge in [-0.25, -0.2) is 4.98 Å². The standard InChI is InChI=1S/C20H22N2/c1-4-16-8-12-18(13-9-16)22-14-19(21-20(22)5-2)17-10-6-15(3)7-11-17/h6-14H,4-5H2,1-3H3. The first-order chi connectivity index (χ1) is 10.7. The van der Waals surface area contributed by atoms with E-state index in [1.807, 2.05) is 0 Å². The zero-order chi connectivity index (χ0) is 15.5. The van der Waals surface area contributed by atoms with Gasteiger partial charge in [-0.05, 0) is 31.0 Å². The first-order valence-corrected chi connectivity index (χ1v) is 7.96. The van der Waals surface area contributed by atoms with Crippen LogP contribution in [0.1, 0.15) is 30.8 Å². The van der Waals surface area contributed by atoms with Crippen LogP contribution in [-0.4, -0.2) is 9.55 Å². The molecule has 2 aromatic carbocycles. The quantitative estimate of drug-likeness (QED) is 0.663. The van der Waals surface area contributed by atoms with E-state index in [0.717, 1.165) is 24.4 Å². The first kappa shape index (κ1) is 14.6. The molecule has 0 unspecified atom stereocenters. The summed E-state index contributed by atoms with van der Waals surface area (Å²) in [5.74, 6) is 1.10. The van der Waals surface area contributed by atoms with Gasteiger partial charge in [-0.2, -0.15) is 0 Å². The lowest BCUT2D eigenvalue weighted by Gasteiger charge is -2.06. The van der Waals surface area contributed by atoms with Crippen molar-refractivity contribution in [2.75, 3.05) is 0 Å². The summed E-state index contributed by atoms with van der Waals surface area (Å²) in [6, 6.07) is 17.3. The maximum Gasteiger partial charge on any atom is 0.113 e. The lowest BCUT2D eigenvalue weighted by atomic mass is 10.1. The van der Waals surface area contributed by atoms with Crippen LogP contribution in [0.4, 0.5) is 0 Å². The Morgan fingerprint density at radius 3 is 2.14 bits per heavy atom. The van der Waals surface area contributed by atoms with Crippen LogP contribution in [0.5, 0.6) is 0 Å². The SMILES string of the molecule is CCc1ccc(-n2cc(-c3ccc(C)cc3)nc2CC)cc1. The monoisotopic (exact) mass is 290 g/mol. The molecule has 0 aliphatic carbocycles. The van der Waals surface area contributed by atoms with E-state index in [9.17, 15) is 0 Å². The molecule has 0 saturated heterocycles. The average molecular weight is 290 g/mol. The lowest BCUT2D eigenvalue weighted by Crippen LogP contribution is -1.98. The van der Waals surface area contributed by atoms with Gasteiger partial charge in [-0.1, -0.05) is 55.8 Å². The number of benzene rings is 2. The zero-order valence-electron chi connectivity index (χ0n) is 13.5. The molecule has 0 aliphatic heterocycles. The van der Waals surface area contributed by atoms with Crippen LogP contribution >= 0.6 is 0 Å². The summed E-state index contributed by atoms with van der Waals surface area (Å²) in [5, 5.41) is 0. The normalized spacial score (nSPS) is 10.9. The Hall–Kier alpha value is -2.35. The molecule has 0 bridgehead atoms. The van der Waals surface area contributed by atoms with Crippen molar-refractivity contribution in [2.45, 2.75) is 33.6 Å². The number of imidazole rings is 1. The van der Waals surface area contributed by atoms with E-state index >= 15 is 0 Å². The van der Waals surface area contributed by atoms with Crippen LogP contribution in [0.2, 0.25) is 0 Å². The minimum absolute atomic E-state index is 0.918. The Morgan fingerprint density at radius 1 is 0.864 bits per heavy atom. The third kappa shape index (κ3) is 2.82. The molecule has 0 amide bonds. The number of rotatable bonds is 4. The van der Waals surface area contributed by atoms with E-state index in [1.54, 1.807) is 0 Å². The fourth-order valence-electron chi connectivity index (χ4n) is 2.65. The number of aryl methyl sites for hydroxylation is 3. The summed E-state index contributed by atoms with van der Waals surface area (Å²) < 4.78 is 2.20. The summed E-state index contributed by atoms with van der Waals surface area (Å²) in [6.45, 7) is 6.44. The average Bonchev–Trinajstić information content (AvgIpc) is 3.00. The van der Waals surface area contributed by atoms with Crippen LogP contribution in [0.15, 0.2) is 54.7 Å². The third-order valence-corrected chi connectivity index (χ3v) is 4.07. The molecule has 0 N–H and O–H groups in total. The van der Waals surface area contributed by atoms with Gasteiger partial charge in [0.15, 0.2) is 0 Å². The van der Waals surface area contributed by atoms with Crippen molar-refractivity contribution in [2.24, 2.45) is 0 Å². The van der Waals surface area contributed by atoms with E-state index in [4.69, 9.17) is 4.98 Å². The largest absolute Gasteiger partial charge is 0.303 e. The molecule has 2 nitrogen and oxygen atoms in total. The highest BCUT2D eigenvalue weighted by molar-refractivity contribution is 5.60. The van der Waals surface area contributed by atoms with Gasteiger partial charge in [0.25, 0.3) is 0 Å². The molecule has 0 fully saturated rings. The van der Waals surface area contributed by atoms with Crippen molar-refractivity contribution < 1.29 is 0 Å². The van der Waals surface area contributed by atoms with Crippen molar-refractivity contribution in [3.63, 3.8) is 0 Å². The maximum atomic E-state index is 4.81. The number of nitrogens with zero attached hydrogens (tertiary/aromatic N) is 2. The Kier molecular flexibility index (Phi) is 4.10. The molecule has 0 saturated carbocycles. The maximum absolute atomic E-state index is 4.81. The van der Waals surface area contributed by atoms with Gasteiger partial charge in [-0.3, -0.25) is 0 Å². The molecule has 2 heteroatoms. The minimum Gasteiger partial charge on any atom is -0.303 e. The molecule has 1 aromatic heterocycles. The summed E-state index contributed by atoms with van der Waals surface area (Å²) in [6.07, 6.45) is 4.13. The molecule has 1 heterocycles. The van der Waals surface area contributed by atoms with Gasteiger partial charge in [0, 0.05) is 23.9 Å². The summed E-state index contributed by atoms with van der Waals surface area (Å²) in [5.41, 5.74) is 6.02. The molecule has 0 radical (unpaired) electrons. The van der Waals surface area contributed by atoms with E-state index in [2.05, 4.69) is 80.1 Å². The van der Waals surface area contributed by atoms with E-state index in [0.29, 0.717) is 0 Å². The van der Waals surface area contributed by atoms with E-state index in [1.165, 1.54) is 22.4 Å². The Balaban J connectivity index is 2.02. The van der Waals surface area contributed by atoms with Gasteiger partial charge in [0.1, 0.15) is 5.82 Å². The van der Waals surface area contributed by atoms with Crippen LogP contribution < -0.4 is 0 Å². The molecule has 22 heavy (non-hydrogen) atoms. The van der Waals surface area contributed by atoms with Gasteiger partial charge in [-0.15, -0.1) is 0 Å². The van der Waals surface area contributed by atoms with E-state index < -0.39 is 0 Å². The predicted molar refractivity (Wildman–Crippen MR) is 92.5 cm³/mol. The fourth-order valence-corrected chi connectivity index (χ4v) is 2.65. The lowest BCUT2D eigenvalue weighted by molar-refractivity contribution is 0.890. The molecular formula is C20H22N2. The summed E-state index contributed by atoms with van der Waals surface area (Å²) in [7, 11) is 0. The molecule has 112 valence electrons. The number of hydrogen-bond acceptors (Lipinski definition) is 1. The zero-order valence-corrected chi connectivity index (χ0v) is 13.5. The Morgan fingerprint density at radius 2 is 1.55 bits per heavy atom. The second-order valence-electron chi connectivity index (χ2n) is 5.65. The van der Waals surface area contributed by atoms with Crippen LogP contribution in [0, 0.1) is 6.92 Å². The Bertz CT molecular complexity index is 749. The van der Waals surface area contributed by atoms with Crippen molar-refractivity contribution in [1.82, 2.24) is 9.55 Å². The smallest absolute Gasteiger partial charge is 0.113 e. The number of aromatic nitrogens is 2. The van der Waals surface area contributed by atoms with Crippen molar-refractivity contribution in [1.29, 1.82) is 0 Å². The van der Waals surface area contributed by atoms with Crippen molar-refractivity contribution in [3.05, 3.63) is 71.7 Å². The molecule has 3 rings (SSSR count). The van der Waals surface area contributed by atoms with Gasteiger partial charge in [0.2, 0.25) is 0 Å². The molecular weight excluding hydrogens is 268 g/mol. The molecule has 0 spiro atoms. The first-order valence-electron chi connectivity index (χ1n) is 7.96. The number of hydrogen-bond donors (Lipinski definition) is 0. The van der Waals surface area contributed by atoms with Gasteiger partial charge < -0.3 is 4.57 Å². The molecule has 0 aliphatic rings. The van der Waals surface area contributed by atoms with Crippen LogP contribution in [0.25, 0.3) is 16.9 Å². The summed E-state index contributed by atoms with van der Waals surface area (Å²) >= 11 is 0. The highest BCUT2D eigenvalue weighted by Gasteiger charge is 2.09. The van der Waals surface area contributed by atoms with Crippen LogP contribution in [-0.2, 0) is 12.8 Å². The predicted octanol–water partition coefficient (Wildman–Crippen LogP) is 4.97. The van der Waals surface area contributed by atoms with Gasteiger partial charge in [0.05, 0.1) is 5.69 Å². The third-order valence-electron chi connectivity index (χ3n) is 4.07. The van der Waals surface area contributed by atoms with Crippen molar-refractivity contribution in [3.8, 4) is 16.9 Å². The minimum atomic E-state index is 0.918. The molecule has 0 atom stereocenters. The highest BCUT2D eigenvalue weighted by atomic mass is 15.1. The van der Waals surface area contributed by atoms with Crippen LogP contribution in [0.3, 0.4) is 0 Å². The highest BCUT2D eigenvalue weighted by Crippen LogP contribution is 2.22. The second kappa shape index (κ2) is 6.18. The Labute approximate surface area is 132 Å².